The van der Waals surface area contributed by atoms with Crippen LogP contribution in [0, 0.1) is 5.41 Å². The third-order valence-corrected chi connectivity index (χ3v) is 5.87. The number of nitrogens with two attached hydrogens (primary N) is 1. The van der Waals surface area contributed by atoms with Gasteiger partial charge in [-0.1, -0.05) is 25.6 Å². The molecular formula is C22H36N4O11S. The van der Waals surface area contributed by atoms with Crippen molar-refractivity contribution in [2.75, 3.05) is 25.4 Å². The van der Waals surface area contributed by atoms with Crippen LogP contribution >= 0.6 is 11.8 Å². The fourth-order valence-corrected chi connectivity index (χ4v) is 3.41. The standard InChI is InChI=1S/C22H36N4O11S/c1-12(27)26-14(10-16(29)30)21(36)37-11-22(2,3)18(32)19(33)25-7-6-15(28)24-8-9-38-17(31)5-4-13(23)20(34)35/h13-14,18,32H,4-11,23H2,1-3H3,(H,24,28)(H,25,33)(H,26,27)(H,29,30)(H,34,35)/t13-,14-,18-/m0/s1. The molecule has 0 aliphatic rings. The van der Waals surface area contributed by atoms with E-state index in [1.54, 1.807) is 0 Å². The summed E-state index contributed by atoms with van der Waals surface area (Å²) in [4.78, 5) is 80.7. The first-order valence-corrected chi connectivity index (χ1v) is 12.6. The average molecular weight is 565 g/mol. The Morgan fingerprint density at radius 1 is 1.00 bits per heavy atom. The molecule has 0 spiro atoms. The van der Waals surface area contributed by atoms with Crippen molar-refractivity contribution in [3.8, 4) is 0 Å². The van der Waals surface area contributed by atoms with Crippen LogP contribution < -0.4 is 21.7 Å². The van der Waals surface area contributed by atoms with Gasteiger partial charge in [0.15, 0.2) is 5.12 Å². The minimum Gasteiger partial charge on any atom is -0.481 e. The van der Waals surface area contributed by atoms with Crippen LogP contribution in [-0.2, 0) is 38.3 Å². The van der Waals surface area contributed by atoms with Crippen LogP contribution in [0.5, 0.6) is 0 Å². The van der Waals surface area contributed by atoms with E-state index in [2.05, 4.69) is 16.0 Å². The third-order valence-electron chi connectivity index (χ3n) is 4.93. The van der Waals surface area contributed by atoms with Crippen molar-refractivity contribution in [3.63, 3.8) is 0 Å². The molecule has 0 unspecified atom stereocenters. The normalized spacial score (nSPS) is 13.4. The van der Waals surface area contributed by atoms with Crippen molar-refractivity contribution in [2.24, 2.45) is 11.1 Å². The molecule has 8 N–H and O–H groups in total. The Hall–Kier alpha value is -3.24. The van der Waals surface area contributed by atoms with E-state index in [0.717, 1.165) is 18.7 Å². The van der Waals surface area contributed by atoms with E-state index in [9.17, 15) is 38.7 Å². The first kappa shape index (κ1) is 34.8. The summed E-state index contributed by atoms with van der Waals surface area (Å²) >= 11 is 0.931. The molecule has 216 valence electrons. The largest absolute Gasteiger partial charge is 0.481 e. The van der Waals surface area contributed by atoms with Gasteiger partial charge in [0.1, 0.15) is 18.2 Å². The SMILES string of the molecule is CC(=O)N[C@@H](CC(=O)O)C(=O)OCC(C)(C)[C@@H](O)C(=O)NCCC(=O)NCCSC(=O)CC[C@H](N)C(=O)O. The third kappa shape index (κ3) is 15.1. The van der Waals surface area contributed by atoms with Gasteiger partial charge in [-0.25, -0.2) is 4.79 Å². The van der Waals surface area contributed by atoms with Gasteiger partial charge in [0.05, 0.1) is 13.0 Å². The van der Waals surface area contributed by atoms with E-state index in [0.29, 0.717) is 0 Å². The highest BCUT2D eigenvalue weighted by Crippen LogP contribution is 2.22. The van der Waals surface area contributed by atoms with E-state index in [-0.39, 0.29) is 43.2 Å². The highest BCUT2D eigenvalue weighted by atomic mass is 32.2. The van der Waals surface area contributed by atoms with Crippen molar-refractivity contribution in [1.82, 2.24) is 16.0 Å². The van der Waals surface area contributed by atoms with E-state index >= 15 is 0 Å². The van der Waals surface area contributed by atoms with E-state index in [1.807, 2.05) is 0 Å². The molecule has 0 saturated heterocycles. The van der Waals surface area contributed by atoms with Crippen molar-refractivity contribution in [3.05, 3.63) is 0 Å². The number of rotatable bonds is 18. The summed E-state index contributed by atoms with van der Waals surface area (Å²) in [6.45, 7) is 3.54. The van der Waals surface area contributed by atoms with Gasteiger partial charge >= 0.3 is 17.9 Å². The van der Waals surface area contributed by atoms with Crippen LogP contribution in [-0.4, -0.2) is 99.7 Å². The van der Waals surface area contributed by atoms with E-state index in [1.165, 1.54) is 13.8 Å². The molecule has 0 aliphatic heterocycles. The zero-order chi connectivity index (χ0) is 29.5. The quantitative estimate of drug-likeness (QED) is 0.0701. The molecule has 0 saturated carbocycles. The van der Waals surface area contributed by atoms with Gasteiger partial charge in [-0.05, 0) is 6.42 Å². The Morgan fingerprint density at radius 3 is 2.18 bits per heavy atom. The molecule has 0 aliphatic carbocycles. The molecule has 0 heterocycles. The first-order chi connectivity index (χ1) is 17.6. The van der Waals surface area contributed by atoms with Crippen molar-refractivity contribution >= 4 is 52.5 Å². The number of carbonyl (C=O) groups is 7. The van der Waals surface area contributed by atoms with E-state index in [4.69, 9.17) is 20.7 Å². The number of thioether (sulfide) groups is 1. The molecule has 38 heavy (non-hydrogen) atoms. The molecule has 15 nitrogen and oxygen atoms in total. The zero-order valence-electron chi connectivity index (χ0n) is 21.5. The fourth-order valence-electron chi connectivity index (χ4n) is 2.71. The number of aliphatic carboxylic acids is 2. The number of hydrogen-bond donors (Lipinski definition) is 7. The van der Waals surface area contributed by atoms with Crippen LogP contribution in [0.15, 0.2) is 0 Å². The van der Waals surface area contributed by atoms with Crippen LogP contribution in [0.1, 0.15) is 46.5 Å². The van der Waals surface area contributed by atoms with Gasteiger partial charge in [-0.3, -0.25) is 28.8 Å². The van der Waals surface area contributed by atoms with Crippen molar-refractivity contribution in [2.45, 2.75) is 64.6 Å². The molecule has 0 fully saturated rings. The summed E-state index contributed by atoms with van der Waals surface area (Å²) in [5.41, 5.74) is 4.03. The van der Waals surface area contributed by atoms with Crippen LogP contribution in [0.3, 0.4) is 0 Å². The second kappa shape index (κ2) is 17.3. The average Bonchev–Trinajstić information content (AvgIpc) is 2.81. The molecule has 3 atom stereocenters. The van der Waals surface area contributed by atoms with Gasteiger partial charge in [-0.15, -0.1) is 0 Å². The molecule has 0 rings (SSSR count). The summed E-state index contributed by atoms with van der Waals surface area (Å²) in [7, 11) is 0. The number of carboxylic acids is 2. The predicted molar refractivity (Wildman–Crippen MR) is 134 cm³/mol. The van der Waals surface area contributed by atoms with Crippen molar-refractivity contribution in [1.29, 1.82) is 0 Å². The monoisotopic (exact) mass is 564 g/mol. The van der Waals surface area contributed by atoms with Gasteiger partial charge in [-0.2, -0.15) is 0 Å². The molecule has 3 amide bonds. The molecule has 0 aromatic carbocycles. The minimum absolute atomic E-state index is 0.00575. The summed E-state index contributed by atoms with van der Waals surface area (Å²) < 4.78 is 5.01. The van der Waals surface area contributed by atoms with Gasteiger partial charge < -0.3 is 41.7 Å². The summed E-state index contributed by atoms with van der Waals surface area (Å²) in [5, 5.41) is 34.7. The lowest BCUT2D eigenvalue weighted by Crippen LogP contribution is -2.48. The van der Waals surface area contributed by atoms with Crippen molar-refractivity contribution < 1.29 is 53.6 Å². The number of aliphatic hydroxyl groups is 1. The fraction of sp³-hybridized carbons (Fsp3) is 0.682. The molecular weight excluding hydrogens is 528 g/mol. The number of nitrogens with one attached hydrogen (secondary N) is 3. The zero-order valence-corrected chi connectivity index (χ0v) is 22.3. The summed E-state index contributed by atoms with van der Waals surface area (Å²) in [6, 6.07) is -2.54. The maximum absolute atomic E-state index is 12.3. The number of ether oxygens (including phenoxy) is 1. The second-order valence-electron chi connectivity index (χ2n) is 8.94. The maximum atomic E-state index is 12.3. The highest BCUT2D eigenvalue weighted by Gasteiger charge is 2.36. The molecule has 0 bridgehead atoms. The maximum Gasteiger partial charge on any atom is 0.329 e. The Morgan fingerprint density at radius 2 is 1.63 bits per heavy atom. The Labute approximate surface area is 223 Å². The number of aliphatic hydroxyl groups excluding tert-OH is 1. The highest BCUT2D eigenvalue weighted by molar-refractivity contribution is 8.13. The summed E-state index contributed by atoms with van der Waals surface area (Å²) in [6.07, 6.45) is -2.46. The lowest BCUT2D eigenvalue weighted by Gasteiger charge is -2.29. The van der Waals surface area contributed by atoms with Crippen LogP contribution in [0.25, 0.3) is 0 Å². The number of esters is 1. The van der Waals surface area contributed by atoms with Gasteiger partial charge in [0.2, 0.25) is 17.7 Å². The summed E-state index contributed by atoms with van der Waals surface area (Å²) in [5.74, 6) is -5.19. The number of amides is 3. The predicted octanol–water partition coefficient (Wildman–Crippen LogP) is -2.03. The Kier molecular flexibility index (Phi) is 15.8. The minimum atomic E-state index is -1.64. The topological polar surface area (TPSA) is 252 Å². The number of carboxylic acid groups (broad SMARTS) is 2. The lowest BCUT2D eigenvalue weighted by molar-refractivity contribution is -0.158. The molecule has 0 aromatic rings. The Bertz CT molecular complexity index is 865. The van der Waals surface area contributed by atoms with Gasteiger partial charge in [0.25, 0.3) is 0 Å². The second-order valence-corrected chi connectivity index (χ2v) is 10.1. The van der Waals surface area contributed by atoms with Crippen LogP contribution in [0.4, 0.5) is 0 Å². The lowest BCUT2D eigenvalue weighted by atomic mass is 9.87. The van der Waals surface area contributed by atoms with Crippen LogP contribution in [0.2, 0.25) is 0 Å². The Balaban J connectivity index is 4.37. The van der Waals surface area contributed by atoms with E-state index < -0.39 is 72.3 Å². The molecule has 0 radical (unpaired) electrons. The van der Waals surface area contributed by atoms with Gasteiger partial charge in [0, 0.05) is 44.0 Å². The molecule has 0 aromatic heterocycles. The first-order valence-electron chi connectivity index (χ1n) is 11.6. The molecule has 16 heteroatoms. The smallest absolute Gasteiger partial charge is 0.329 e. The number of carbonyl (C=O) groups excluding carboxylic acids is 5. The number of hydrogen-bond acceptors (Lipinski definition) is 11.